The van der Waals surface area contributed by atoms with Crippen molar-refractivity contribution >= 4 is 28.2 Å². The van der Waals surface area contributed by atoms with E-state index < -0.39 is 15.6 Å². The van der Waals surface area contributed by atoms with Crippen molar-refractivity contribution in [1.29, 1.82) is 0 Å². The van der Waals surface area contributed by atoms with Gasteiger partial charge >= 0.3 is 0 Å². The van der Waals surface area contributed by atoms with Gasteiger partial charge in [-0.05, 0) is 23.9 Å². The highest BCUT2D eigenvalue weighted by molar-refractivity contribution is 7.92. The highest BCUT2D eigenvalue weighted by Crippen LogP contribution is 2.32. The van der Waals surface area contributed by atoms with Crippen LogP contribution in [0.1, 0.15) is 25.3 Å². The van der Waals surface area contributed by atoms with Crippen LogP contribution in [0.15, 0.2) is 30.3 Å². The minimum Gasteiger partial charge on any atom is -0.341 e. The van der Waals surface area contributed by atoms with Crippen LogP contribution in [0.5, 0.6) is 0 Å². The quantitative estimate of drug-likeness (QED) is 0.821. The summed E-state index contributed by atoms with van der Waals surface area (Å²) in [5.74, 6) is -0.270. The predicted molar refractivity (Wildman–Crippen MR) is 99.0 cm³/mol. The summed E-state index contributed by atoms with van der Waals surface area (Å²) < 4.78 is 24.1. The number of carbonyl (C=O) groups is 1. The molecule has 2 atom stereocenters. The Morgan fingerprint density at radius 2 is 1.88 bits per heavy atom. The molecule has 0 bridgehead atoms. The van der Waals surface area contributed by atoms with Gasteiger partial charge in [-0.3, -0.25) is 4.79 Å². The van der Waals surface area contributed by atoms with Crippen LogP contribution in [0.25, 0.3) is 0 Å². The second-order valence-corrected chi connectivity index (χ2v) is 8.87. The lowest BCUT2D eigenvalue weighted by atomic mass is 9.89. The van der Waals surface area contributed by atoms with Gasteiger partial charge in [0.15, 0.2) is 9.84 Å². The van der Waals surface area contributed by atoms with Crippen LogP contribution < -0.4 is 5.73 Å². The monoisotopic (exact) mass is 374 g/mol. The fourth-order valence-electron chi connectivity index (χ4n) is 3.24. The Morgan fingerprint density at radius 1 is 1.25 bits per heavy atom. The fourth-order valence-corrected chi connectivity index (χ4v) is 4.93. The lowest BCUT2D eigenvalue weighted by molar-refractivity contribution is -0.127. The Labute approximate surface area is 150 Å². The zero-order valence-corrected chi connectivity index (χ0v) is 15.9. The van der Waals surface area contributed by atoms with Crippen molar-refractivity contribution in [3.05, 3.63) is 35.9 Å². The van der Waals surface area contributed by atoms with Crippen LogP contribution in [0, 0.1) is 11.8 Å². The van der Waals surface area contributed by atoms with E-state index in [1.54, 1.807) is 4.90 Å². The number of sulfone groups is 1. The van der Waals surface area contributed by atoms with Gasteiger partial charge < -0.3 is 10.6 Å². The molecule has 0 spiro atoms. The molecule has 24 heavy (non-hydrogen) atoms. The van der Waals surface area contributed by atoms with E-state index in [1.165, 1.54) is 0 Å². The number of nitrogens with two attached hydrogens (primary N) is 1. The first-order valence-corrected chi connectivity index (χ1v) is 9.87. The van der Waals surface area contributed by atoms with Crippen LogP contribution in [0.4, 0.5) is 0 Å². The highest BCUT2D eigenvalue weighted by atomic mass is 35.5. The molecule has 1 aliphatic rings. The third-order valence-electron chi connectivity index (χ3n) is 4.25. The average molecular weight is 375 g/mol. The van der Waals surface area contributed by atoms with Crippen molar-refractivity contribution in [1.82, 2.24) is 4.90 Å². The van der Waals surface area contributed by atoms with Gasteiger partial charge in [-0.1, -0.05) is 44.2 Å². The number of carbonyl (C=O) groups excluding carboxylic acids is 1. The molecule has 0 aromatic heterocycles. The van der Waals surface area contributed by atoms with E-state index in [0.717, 1.165) is 5.56 Å². The zero-order valence-electron chi connectivity index (χ0n) is 14.2. The molecule has 7 heteroatoms. The van der Waals surface area contributed by atoms with Gasteiger partial charge in [0.05, 0.1) is 5.75 Å². The lowest BCUT2D eigenvalue weighted by Gasteiger charge is -2.17. The molecule has 1 amide bonds. The van der Waals surface area contributed by atoms with Crippen molar-refractivity contribution in [3.63, 3.8) is 0 Å². The van der Waals surface area contributed by atoms with Crippen LogP contribution >= 0.6 is 12.4 Å². The fraction of sp³-hybridized carbons (Fsp3) is 0.588. The van der Waals surface area contributed by atoms with E-state index in [-0.39, 0.29) is 41.8 Å². The topological polar surface area (TPSA) is 80.5 Å². The summed E-state index contributed by atoms with van der Waals surface area (Å²) in [5.41, 5.74) is 7.02. The zero-order chi connectivity index (χ0) is 17.0. The summed E-state index contributed by atoms with van der Waals surface area (Å²) in [7, 11) is -3.35. The Morgan fingerprint density at radius 3 is 2.42 bits per heavy atom. The van der Waals surface area contributed by atoms with Gasteiger partial charge in [0.1, 0.15) is 5.75 Å². The SMILES string of the molecule is CC(C)CS(=O)(=O)CC(=O)N1C[C@@H](CN)[C@H](c2ccccc2)C1.Cl. The predicted octanol–water partition coefficient (Wildman–Crippen LogP) is 1.68. The molecule has 1 aromatic rings. The molecule has 1 heterocycles. The van der Waals surface area contributed by atoms with Gasteiger partial charge in [0.2, 0.25) is 5.91 Å². The Balaban J connectivity index is 0.00000288. The maximum Gasteiger partial charge on any atom is 0.237 e. The summed E-state index contributed by atoms with van der Waals surface area (Å²) in [6.45, 7) is 5.25. The smallest absolute Gasteiger partial charge is 0.237 e. The molecule has 2 N–H and O–H groups in total. The Bertz CT molecular complexity index is 634. The number of likely N-dealkylation sites (tertiary alicyclic amines) is 1. The van der Waals surface area contributed by atoms with Gasteiger partial charge in [-0.25, -0.2) is 8.42 Å². The number of rotatable bonds is 6. The van der Waals surface area contributed by atoms with Crippen LogP contribution in [-0.4, -0.2) is 50.4 Å². The molecule has 1 fully saturated rings. The number of nitrogens with zero attached hydrogens (tertiary/aromatic N) is 1. The van der Waals surface area contributed by atoms with Crippen molar-refractivity contribution in [3.8, 4) is 0 Å². The molecule has 1 aromatic carbocycles. The molecule has 0 radical (unpaired) electrons. The maximum atomic E-state index is 12.4. The molecule has 0 unspecified atom stereocenters. The van der Waals surface area contributed by atoms with E-state index in [2.05, 4.69) is 0 Å². The average Bonchev–Trinajstić information content (AvgIpc) is 2.90. The lowest BCUT2D eigenvalue weighted by Crippen LogP contribution is -2.35. The van der Waals surface area contributed by atoms with Gasteiger partial charge in [-0.15, -0.1) is 12.4 Å². The van der Waals surface area contributed by atoms with Gasteiger partial charge in [-0.2, -0.15) is 0 Å². The number of hydrogen-bond donors (Lipinski definition) is 1. The summed E-state index contributed by atoms with van der Waals surface area (Å²) in [6.07, 6.45) is 0. The summed E-state index contributed by atoms with van der Waals surface area (Å²) in [4.78, 5) is 14.0. The largest absolute Gasteiger partial charge is 0.341 e. The molecular formula is C17H27ClN2O3S. The molecule has 1 saturated heterocycles. The third-order valence-corrected chi connectivity index (χ3v) is 6.12. The van der Waals surface area contributed by atoms with Gasteiger partial charge in [0, 0.05) is 19.0 Å². The first-order chi connectivity index (χ1) is 10.8. The maximum absolute atomic E-state index is 12.4. The first kappa shape index (κ1) is 20.9. The van der Waals surface area contributed by atoms with Crippen molar-refractivity contribution in [2.45, 2.75) is 19.8 Å². The number of amides is 1. The molecule has 136 valence electrons. The number of halogens is 1. The molecule has 2 rings (SSSR count). The molecular weight excluding hydrogens is 348 g/mol. The Kier molecular flexibility index (Phi) is 7.70. The molecule has 0 saturated carbocycles. The number of hydrogen-bond acceptors (Lipinski definition) is 4. The summed E-state index contributed by atoms with van der Waals surface area (Å²) in [5, 5.41) is 0. The number of benzene rings is 1. The van der Waals surface area contributed by atoms with E-state index in [9.17, 15) is 13.2 Å². The third kappa shape index (κ3) is 5.46. The van der Waals surface area contributed by atoms with Crippen molar-refractivity contribution < 1.29 is 13.2 Å². The van der Waals surface area contributed by atoms with E-state index in [0.29, 0.717) is 19.6 Å². The van der Waals surface area contributed by atoms with Crippen LogP contribution in [0.2, 0.25) is 0 Å². The highest BCUT2D eigenvalue weighted by Gasteiger charge is 2.36. The second kappa shape index (κ2) is 8.83. The molecule has 0 aliphatic carbocycles. The second-order valence-electron chi connectivity index (χ2n) is 6.76. The first-order valence-electron chi connectivity index (χ1n) is 8.05. The van der Waals surface area contributed by atoms with Gasteiger partial charge in [0.25, 0.3) is 0 Å². The van der Waals surface area contributed by atoms with E-state index in [1.807, 2.05) is 44.2 Å². The summed E-state index contributed by atoms with van der Waals surface area (Å²) >= 11 is 0. The minimum absolute atomic E-state index is 0. The Hall–Kier alpha value is -1.11. The molecule has 5 nitrogen and oxygen atoms in total. The van der Waals surface area contributed by atoms with E-state index >= 15 is 0 Å². The van der Waals surface area contributed by atoms with Crippen molar-refractivity contribution in [2.75, 3.05) is 31.1 Å². The normalized spacial score (nSPS) is 20.9. The summed E-state index contributed by atoms with van der Waals surface area (Å²) in [6, 6.07) is 9.98. The standard InChI is InChI=1S/C17H26N2O3S.ClH/c1-13(2)11-23(21,22)12-17(20)19-9-15(8-18)16(10-19)14-6-4-3-5-7-14;/h3-7,13,15-16H,8-12,18H2,1-2H3;1H/t15-,16+;/m1./s1. The molecule has 1 aliphatic heterocycles. The van der Waals surface area contributed by atoms with Crippen LogP contribution in [0.3, 0.4) is 0 Å². The van der Waals surface area contributed by atoms with Crippen molar-refractivity contribution in [2.24, 2.45) is 17.6 Å². The van der Waals surface area contributed by atoms with Crippen LogP contribution in [-0.2, 0) is 14.6 Å². The van der Waals surface area contributed by atoms with E-state index in [4.69, 9.17) is 5.73 Å². The minimum atomic E-state index is -3.35.